The van der Waals surface area contributed by atoms with Gasteiger partial charge in [0.05, 0.1) is 0 Å². The van der Waals surface area contributed by atoms with Crippen LogP contribution in [-0.4, -0.2) is 52.8 Å². The number of thioether (sulfide) groups is 1. The van der Waals surface area contributed by atoms with Crippen molar-refractivity contribution >= 4 is 29.4 Å². The number of hydrogen-bond donors (Lipinski definition) is 3. The molecule has 1 aliphatic heterocycles. The number of hydrogen-bond acceptors (Lipinski definition) is 6. The molecule has 2 heterocycles. The lowest BCUT2D eigenvalue weighted by atomic mass is 10.1. The number of carbonyl (C=O) groups is 1. The SMILES string of the molecule is CCNC(=O)N1CCC(Nc2cc(N)nc(SC)n2)CC1. The maximum Gasteiger partial charge on any atom is 0.317 e. The Kier molecular flexibility index (Phi) is 5.49. The first-order valence-electron chi connectivity index (χ1n) is 7.10. The van der Waals surface area contributed by atoms with Crippen LogP contribution in [0.15, 0.2) is 11.2 Å². The molecule has 1 aromatic heterocycles. The van der Waals surface area contributed by atoms with Crippen LogP contribution in [0.1, 0.15) is 19.8 Å². The van der Waals surface area contributed by atoms with E-state index in [9.17, 15) is 4.79 Å². The first-order valence-corrected chi connectivity index (χ1v) is 8.32. The number of nitrogens with two attached hydrogens (primary N) is 1. The van der Waals surface area contributed by atoms with Crippen molar-refractivity contribution in [3.05, 3.63) is 6.07 Å². The van der Waals surface area contributed by atoms with Crippen LogP contribution in [0.5, 0.6) is 0 Å². The highest BCUT2D eigenvalue weighted by molar-refractivity contribution is 7.98. The molecule has 0 aromatic carbocycles. The van der Waals surface area contributed by atoms with Crippen LogP contribution in [0.2, 0.25) is 0 Å². The number of carbonyl (C=O) groups excluding carboxylic acids is 1. The zero-order valence-corrected chi connectivity index (χ0v) is 13.2. The Morgan fingerprint density at radius 3 is 2.81 bits per heavy atom. The highest BCUT2D eigenvalue weighted by Crippen LogP contribution is 2.19. The number of rotatable bonds is 4. The van der Waals surface area contributed by atoms with Gasteiger partial charge in [-0.15, -0.1) is 0 Å². The fraction of sp³-hybridized carbons (Fsp3) is 0.615. The number of piperidine rings is 1. The van der Waals surface area contributed by atoms with Gasteiger partial charge in [0.1, 0.15) is 11.6 Å². The summed E-state index contributed by atoms with van der Waals surface area (Å²) in [7, 11) is 0. The van der Waals surface area contributed by atoms with Gasteiger partial charge >= 0.3 is 6.03 Å². The molecule has 2 rings (SSSR count). The average molecular weight is 310 g/mol. The minimum Gasteiger partial charge on any atom is -0.383 e. The van der Waals surface area contributed by atoms with Crippen LogP contribution in [0, 0.1) is 0 Å². The summed E-state index contributed by atoms with van der Waals surface area (Å²) >= 11 is 1.47. The Morgan fingerprint density at radius 2 is 2.19 bits per heavy atom. The van der Waals surface area contributed by atoms with Gasteiger partial charge in [-0.3, -0.25) is 0 Å². The molecule has 1 saturated heterocycles. The summed E-state index contributed by atoms with van der Waals surface area (Å²) in [4.78, 5) is 22.1. The van der Waals surface area contributed by atoms with Crippen molar-refractivity contribution in [2.45, 2.75) is 31.0 Å². The molecular weight excluding hydrogens is 288 g/mol. The lowest BCUT2D eigenvalue weighted by Crippen LogP contribution is -2.46. The molecule has 4 N–H and O–H groups in total. The van der Waals surface area contributed by atoms with E-state index in [1.54, 1.807) is 6.07 Å². The second-order valence-electron chi connectivity index (χ2n) is 4.91. The molecule has 2 amide bonds. The van der Waals surface area contributed by atoms with Crippen LogP contribution >= 0.6 is 11.8 Å². The lowest BCUT2D eigenvalue weighted by molar-refractivity contribution is 0.184. The molecule has 0 unspecified atom stereocenters. The summed E-state index contributed by atoms with van der Waals surface area (Å²) in [5.74, 6) is 1.22. The maximum atomic E-state index is 11.7. The van der Waals surface area contributed by atoms with E-state index in [0.29, 0.717) is 23.6 Å². The average Bonchev–Trinajstić information content (AvgIpc) is 2.47. The fourth-order valence-electron chi connectivity index (χ4n) is 2.31. The standard InChI is InChI=1S/C13H22N6OS/c1-3-15-13(20)19-6-4-9(5-7-19)16-11-8-10(14)17-12(18-11)21-2/h8-9H,3-7H2,1-2H3,(H,15,20)(H3,14,16,17,18). The Hall–Kier alpha value is -1.70. The minimum absolute atomic E-state index is 0.0203. The normalized spacial score (nSPS) is 15.8. The van der Waals surface area contributed by atoms with Gasteiger partial charge in [-0.25, -0.2) is 14.8 Å². The molecule has 116 valence electrons. The molecule has 0 radical (unpaired) electrons. The maximum absolute atomic E-state index is 11.7. The third kappa shape index (κ3) is 4.38. The molecule has 1 aromatic rings. The molecule has 0 spiro atoms. The monoisotopic (exact) mass is 310 g/mol. The minimum atomic E-state index is 0.0203. The van der Waals surface area contributed by atoms with Gasteiger partial charge in [0.25, 0.3) is 0 Å². The van der Waals surface area contributed by atoms with E-state index in [1.807, 2.05) is 18.1 Å². The summed E-state index contributed by atoms with van der Waals surface area (Å²) < 4.78 is 0. The zero-order chi connectivity index (χ0) is 15.2. The van der Waals surface area contributed by atoms with E-state index < -0.39 is 0 Å². The summed E-state index contributed by atoms with van der Waals surface area (Å²) in [6, 6.07) is 2.07. The number of nitrogens with zero attached hydrogens (tertiary/aromatic N) is 3. The van der Waals surface area contributed by atoms with E-state index in [4.69, 9.17) is 5.73 Å². The van der Waals surface area contributed by atoms with E-state index in [1.165, 1.54) is 11.8 Å². The Labute approximate surface area is 129 Å². The lowest BCUT2D eigenvalue weighted by Gasteiger charge is -2.32. The first-order chi connectivity index (χ1) is 10.1. The van der Waals surface area contributed by atoms with Gasteiger partial charge in [0.15, 0.2) is 5.16 Å². The van der Waals surface area contributed by atoms with E-state index in [2.05, 4.69) is 20.6 Å². The molecule has 0 saturated carbocycles. The number of likely N-dealkylation sites (tertiary alicyclic amines) is 1. The van der Waals surface area contributed by atoms with Crippen molar-refractivity contribution in [2.75, 3.05) is 36.9 Å². The predicted molar refractivity (Wildman–Crippen MR) is 85.5 cm³/mol. The van der Waals surface area contributed by atoms with E-state index in [-0.39, 0.29) is 6.03 Å². The van der Waals surface area contributed by atoms with Gasteiger partial charge in [-0.05, 0) is 26.0 Å². The van der Waals surface area contributed by atoms with Crippen LogP contribution in [0.3, 0.4) is 0 Å². The van der Waals surface area contributed by atoms with Crippen molar-refractivity contribution in [3.8, 4) is 0 Å². The zero-order valence-electron chi connectivity index (χ0n) is 12.4. The Bertz CT molecular complexity index is 490. The van der Waals surface area contributed by atoms with Crippen molar-refractivity contribution < 1.29 is 4.79 Å². The van der Waals surface area contributed by atoms with Crippen LogP contribution in [-0.2, 0) is 0 Å². The second-order valence-corrected chi connectivity index (χ2v) is 5.68. The van der Waals surface area contributed by atoms with Crippen molar-refractivity contribution in [1.82, 2.24) is 20.2 Å². The van der Waals surface area contributed by atoms with Crippen LogP contribution in [0.4, 0.5) is 16.4 Å². The third-order valence-electron chi connectivity index (χ3n) is 3.37. The summed E-state index contributed by atoms with van der Waals surface area (Å²) in [5.41, 5.74) is 5.77. The van der Waals surface area contributed by atoms with Gasteiger partial charge < -0.3 is 21.3 Å². The smallest absolute Gasteiger partial charge is 0.317 e. The quantitative estimate of drug-likeness (QED) is 0.574. The molecule has 21 heavy (non-hydrogen) atoms. The van der Waals surface area contributed by atoms with Gasteiger partial charge in [0.2, 0.25) is 0 Å². The van der Waals surface area contributed by atoms with Gasteiger partial charge in [0, 0.05) is 31.7 Å². The van der Waals surface area contributed by atoms with Crippen LogP contribution in [0.25, 0.3) is 0 Å². The number of anilines is 2. The third-order valence-corrected chi connectivity index (χ3v) is 3.92. The topological polar surface area (TPSA) is 96.2 Å². The largest absolute Gasteiger partial charge is 0.383 e. The second kappa shape index (κ2) is 7.35. The number of aromatic nitrogens is 2. The van der Waals surface area contributed by atoms with Crippen LogP contribution < -0.4 is 16.4 Å². The Balaban J connectivity index is 1.89. The number of nitrogens with one attached hydrogen (secondary N) is 2. The molecule has 0 bridgehead atoms. The molecule has 8 heteroatoms. The van der Waals surface area contributed by atoms with Crippen molar-refractivity contribution in [2.24, 2.45) is 0 Å². The first kappa shape index (κ1) is 15.7. The number of amides is 2. The predicted octanol–water partition coefficient (Wildman–Crippen LogP) is 1.39. The summed E-state index contributed by atoms with van der Waals surface area (Å²) in [6.45, 7) is 4.09. The van der Waals surface area contributed by atoms with Gasteiger partial charge in [-0.2, -0.15) is 0 Å². The van der Waals surface area contributed by atoms with Crippen molar-refractivity contribution in [3.63, 3.8) is 0 Å². The molecule has 0 atom stereocenters. The number of urea groups is 1. The molecule has 0 aliphatic carbocycles. The van der Waals surface area contributed by atoms with E-state index in [0.717, 1.165) is 31.7 Å². The molecular formula is C13H22N6OS. The summed E-state index contributed by atoms with van der Waals surface area (Å²) in [5, 5.41) is 6.88. The molecule has 7 nitrogen and oxygen atoms in total. The highest BCUT2D eigenvalue weighted by Gasteiger charge is 2.22. The van der Waals surface area contributed by atoms with Crippen molar-refractivity contribution in [1.29, 1.82) is 0 Å². The summed E-state index contributed by atoms with van der Waals surface area (Å²) in [6.07, 6.45) is 3.72. The van der Waals surface area contributed by atoms with Gasteiger partial charge in [-0.1, -0.05) is 11.8 Å². The number of nitrogen functional groups attached to an aromatic ring is 1. The highest BCUT2D eigenvalue weighted by atomic mass is 32.2. The molecule has 1 fully saturated rings. The fourth-order valence-corrected chi connectivity index (χ4v) is 2.69. The molecule has 1 aliphatic rings. The van der Waals surface area contributed by atoms with E-state index >= 15 is 0 Å². The Morgan fingerprint density at radius 1 is 1.48 bits per heavy atom.